The molecular formula is C9H12NO6S2+. The van der Waals surface area contributed by atoms with Gasteiger partial charge >= 0.3 is 10.0 Å². The Hall–Kier alpha value is -1.00. The van der Waals surface area contributed by atoms with Gasteiger partial charge in [0, 0.05) is 12.1 Å². The zero-order valence-electron chi connectivity index (χ0n) is 9.22. The van der Waals surface area contributed by atoms with Crippen molar-refractivity contribution in [1.82, 2.24) is 3.89 Å². The highest BCUT2D eigenvalue weighted by Crippen LogP contribution is 2.40. The summed E-state index contributed by atoms with van der Waals surface area (Å²) in [5, 5.41) is 8.90. The molecule has 0 amide bonds. The van der Waals surface area contributed by atoms with Crippen LogP contribution in [0.4, 0.5) is 5.69 Å². The summed E-state index contributed by atoms with van der Waals surface area (Å²) < 4.78 is 53.3. The van der Waals surface area contributed by atoms with Crippen molar-refractivity contribution in [3.05, 3.63) is 24.3 Å². The summed E-state index contributed by atoms with van der Waals surface area (Å²) in [4.78, 5) is -0.298. The summed E-state index contributed by atoms with van der Waals surface area (Å²) >= 11 is 0. The van der Waals surface area contributed by atoms with Gasteiger partial charge in [-0.25, -0.2) is 0 Å². The average Bonchev–Trinajstić information content (AvgIpc) is 2.81. The van der Waals surface area contributed by atoms with Crippen LogP contribution >= 0.6 is 0 Å². The standard InChI is InChI=1S/C9H11NO6S2/c11-6-5-10(7-17(10,12)13)8-1-3-9(4-2-8)18(14,15)16/h1-4,11H,5-7H2/p+1. The minimum atomic E-state index is -4.29. The van der Waals surface area contributed by atoms with E-state index in [1.165, 1.54) is 12.1 Å². The third kappa shape index (κ3) is 2.04. The zero-order valence-corrected chi connectivity index (χ0v) is 10.9. The van der Waals surface area contributed by atoms with Gasteiger partial charge < -0.3 is 5.11 Å². The van der Waals surface area contributed by atoms with Gasteiger partial charge in [-0.15, -0.1) is 0 Å². The first-order valence-corrected chi connectivity index (χ1v) is 8.07. The Balaban J connectivity index is 2.42. The quantitative estimate of drug-likeness (QED) is 0.441. The van der Waals surface area contributed by atoms with E-state index in [2.05, 4.69) is 0 Å². The van der Waals surface area contributed by atoms with E-state index in [0.29, 0.717) is 5.69 Å². The van der Waals surface area contributed by atoms with Crippen molar-refractivity contribution >= 4 is 25.8 Å². The zero-order chi connectivity index (χ0) is 13.6. The molecule has 9 heteroatoms. The lowest BCUT2D eigenvalue weighted by Gasteiger charge is -2.12. The maximum absolute atomic E-state index is 11.6. The SMILES string of the molecule is O=S(=O)(O)c1ccc([N+]2(CCO)CS2(=O)=O)cc1. The molecule has 1 aliphatic rings. The van der Waals surface area contributed by atoms with Crippen LogP contribution in [-0.2, 0) is 20.1 Å². The number of quaternary nitrogens is 1. The van der Waals surface area contributed by atoms with E-state index < -0.39 is 20.1 Å². The molecule has 0 radical (unpaired) electrons. The van der Waals surface area contributed by atoms with Crippen molar-refractivity contribution in [2.24, 2.45) is 0 Å². The molecular weight excluding hydrogens is 282 g/mol. The van der Waals surface area contributed by atoms with E-state index in [1.807, 2.05) is 0 Å². The van der Waals surface area contributed by atoms with Crippen molar-refractivity contribution < 1.29 is 26.5 Å². The highest BCUT2D eigenvalue weighted by molar-refractivity contribution is 7.97. The first-order valence-electron chi connectivity index (χ1n) is 5.02. The largest absolute Gasteiger partial charge is 0.390 e. The molecule has 0 aliphatic carbocycles. The maximum Gasteiger partial charge on any atom is 0.355 e. The van der Waals surface area contributed by atoms with E-state index in [1.54, 1.807) is 0 Å². The fourth-order valence-electron chi connectivity index (χ4n) is 1.86. The average molecular weight is 294 g/mol. The number of aliphatic hydroxyl groups excluding tert-OH is 1. The van der Waals surface area contributed by atoms with Gasteiger partial charge in [-0.1, -0.05) is 0 Å². The summed E-state index contributed by atoms with van der Waals surface area (Å²) in [6.07, 6.45) is 0. The first-order chi connectivity index (χ1) is 8.23. The van der Waals surface area contributed by atoms with Crippen LogP contribution in [0.2, 0.25) is 0 Å². The molecule has 1 aromatic carbocycles. The molecule has 7 nitrogen and oxygen atoms in total. The number of benzene rings is 1. The monoisotopic (exact) mass is 294 g/mol. The number of rotatable bonds is 4. The highest BCUT2D eigenvalue weighted by atomic mass is 32.2. The lowest BCUT2D eigenvalue weighted by molar-refractivity contribution is 0.277. The van der Waals surface area contributed by atoms with E-state index >= 15 is 0 Å². The Kier molecular flexibility index (Phi) is 2.98. The molecule has 0 aromatic heterocycles. The van der Waals surface area contributed by atoms with Crippen LogP contribution in [0.3, 0.4) is 0 Å². The third-order valence-electron chi connectivity index (χ3n) is 2.90. The van der Waals surface area contributed by atoms with E-state index in [-0.39, 0.29) is 27.8 Å². The van der Waals surface area contributed by atoms with Gasteiger partial charge in [0.25, 0.3) is 10.1 Å². The molecule has 0 spiro atoms. The van der Waals surface area contributed by atoms with Crippen LogP contribution in [0.5, 0.6) is 0 Å². The fraction of sp³-hybridized carbons (Fsp3) is 0.333. The van der Waals surface area contributed by atoms with Crippen molar-refractivity contribution in [3.63, 3.8) is 0 Å². The molecule has 2 rings (SSSR count). The molecule has 2 N–H and O–H groups in total. The topological polar surface area (TPSA) is 109 Å². The molecule has 100 valence electrons. The summed E-state index contributed by atoms with van der Waals surface area (Å²) in [7, 11) is -7.61. The predicted octanol–water partition coefficient (Wildman–Crippen LogP) is -0.466. The van der Waals surface area contributed by atoms with Gasteiger partial charge in [-0.3, -0.25) is 4.55 Å². The van der Waals surface area contributed by atoms with Gasteiger partial charge in [0.15, 0.2) is 0 Å². The van der Waals surface area contributed by atoms with Crippen LogP contribution in [0.15, 0.2) is 29.2 Å². The van der Waals surface area contributed by atoms with Crippen LogP contribution < -0.4 is 3.89 Å². The lowest BCUT2D eigenvalue weighted by Crippen LogP contribution is -2.31. The van der Waals surface area contributed by atoms with E-state index in [0.717, 1.165) is 12.1 Å². The summed E-state index contributed by atoms with van der Waals surface area (Å²) in [6, 6.07) is 4.92. The van der Waals surface area contributed by atoms with Crippen molar-refractivity contribution in [2.45, 2.75) is 4.90 Å². The Morgan fingerprint density at radius 1 is 1.22 bits per heavy atom. The molecule has 1 aliphatic heterocycles. The highest BCUT2D eigenvalue weighted by Gasteiger charge is 2.63. The van der Waals surface area contributed by atoms with Crippen molar-refractivity contribution in [3.8, 4) is 0 Å². The molecule has 0 saturated carbocycles. The fourth-order valence-corrected chi connectivity index (χ4v) is 4.16. The molecule has 1 heterocycles. The van der Waals surface area contributed by atoms with Gasteiger partial charge in [-0.05, 0) is 12.1 Å². The maximum atomic E-state index is 11.6. The van der Waals surface area contributed by atoms with E-state index in [9.17, 15) is 16.8 Å². The predicted molar refractivity (Wildman–Crippen MR) is 63.8 cm³/mol. The van der Waals surface area contributed by atoms with Crippen LogP contribution in [0, 0.1) is 0 Å². The van der Waals surface area contributed by atoms with Gasteiger partial charge in [0.2, 0.25) is 5.88 Å². The van der Waals surface area contributed by atoms with Gasteiger partial charge in [0.05, 0.1) is 11.5 Å². The van der Waals surface area contributed by atoms with Crippen LogP contribution in [0.25, 0.3) is 0 Å². The van der Waals surface area contributed by atoms with Gasteiger partial charge in [-0.2, -0.15) is 20.7 Å². The molecule has 1 aromatic rings. The lowest BCUT2D eigenvalue weighted by atomic mass is 10.3. The molecule has 1 saturated heterocycles. The second kappa shape index (κ2) is 4.00. The van der Waals surface area contributed by atoms with Crippen LogP contribution in [-0.4, -0.2) is 45.5 Å². The molecule has 1 unspecified atom stereocenters. The molecule has 1 atom stereocenters. The number of aliphatic hydroxyl groups is 1. The molecule has 1 fully saturated rings. The second-order valence-electron chi connectivity index (χ2n) is 4.02. The second-order valence-corrected chi connectivity index (χ2v) is 7.56. The van der Waals surface area contributed by atoms with Crippen molar-refractivity contribution in [2.75, 3.05) is 19.0 Å². The summed E-state index contributed by atoms with van der Waals surface area (Å²) in [5.74, 6) is -0.112. The third-order valence-corrected chi connectivity index (χ3v) is 5.82. The number of nitrogens with zero attached hydrogens (tertiary/aromatic N) is 1. The minimum absolute atomic E-state index is 0.0214. The summed E-state index contributed by atoms with van der Waals surface area (Å²) in [6.45, 7) is -0.271. The Labute approximate surface area is 105 Å². The Morgan fingerprint density at radius 2 is 1.72 bits per heavy atom. The number of sulfonamides is 1. The number of hydrogen-bond acceptors (Lipinski definition) is 5. The Bertz CT molecular complexity index is 664. The number of hydrogen-bond donors (Lipinski definition) is 2. The normalized spacial score (nSPS) is 25.9. The van der Waals surface area contributed by atoms with Crippen LogP contribution in [0.1, 0.15) is 0 Å². The minimum Gasteiger partial charge on any atom is -0.390 e. The molecule has 18 heavy (non-hydrogen) atoms. The summed E-state index contributed by atoms with van der Waals surface area (Å²) in [5.41, 5.74) is 0.372. The van der Waals surface area contributed by atoms with E-state index in [4.69, 9.17) is 9.66 Å². The first kappa shape index (κ1) is 13.4. The van der Waals surface area contributed by atoms with Gasteiger partial charge in [0.1, 0.15) is 12.2 Å². The molecule has 0 bridgehead atoms. The Morgan fingerprint density at radius 3 is 2.06 bits per heavy atom. The van der Waals surface area contributed by atoms with Crippen molar-refractivity contribution in [1.29, 1.82) is 0 Å². The smallest absolute Gasteiger partial charge is 0.355 e.